The van der Waals surface area contributed by atoms with Gasteiger partial charge in [0.15, 0.2) is 5.69 Å². The Labute approximate surface area is 175 Å². The first-order valence-electron chi connectivity index (χ1n) is 10.9. The molecule has 0 N–H and O–H groups in total. The van der Waals surface area contributed by atoms with Crippen molar-refractivity contribution in [2.24, 2.45) is 12.5 Å². The molecule has 2 nitrogen and oxygen atoms in total. The van der Waals surface area contributed by atoms with Crippen LogP contribution in [0.3, 0.4) is 0 Å². The monoisotopic (exact) mass is 385 g/mol. The highest BCUT2D eigenvalue weighted by atomic mass is 15.2. The number of benzene rings is 2. The number of fused-ring (bicyclic) bond motifs is 4. The molecule has 3 aromatic rings. The highest BCUT2D eigenvalue weighted by molar-refractivity contribution is 5.81. The Balaban J connectivity index is 1.74. The summed E-state index contributed by atoms with van der Waals surface area (Å²) >= 11 is 0. The highest BCUT2D eigenvalue weighted by Crippen LogP contribution is 2.58. The van der Waals surface area contributed by atoms with Crippen molar-refractivity contribution in [2.45, 2.75) is 65.2 Å². The van der Waals surface area contributed by atoms with Crippen LogP contribution in [-0.2, 0) is 17.9 Å². The molecule has 0 fully saturated rings. The predicted octanol–water partition coefficient (Wildman–Crippen LogP) is 6.03. The standard InChI is InChI=1S/C27H33N2/c1-17-23-24(27(6,7)26(17,4)5)29(16-28(23)8)18-13-14-20-19-11-9-10-12-21(19)25(2,3)22(20)15-18/h9-17H,1-8H3/q+1. The zero-order valence-electron chi connectivity index (χ0n) is 19.1. The van der Waals surface area contributed by atoms with Crippen LogP contribution in [0.4, 0.5) is 0 Å². The molecule has 2 aliphatic rings. The summed E-state index contributed by atoms with van der Waals surface area (Å²) in [6, 6.07) is 16.0. The van der Waals surface area contributed by atoms with Crippen molar-refractivity contribution in [3.05, 3.63) is 71.3 Å². The lowest BCUT2D eigenvalue weighted by atomic mass is 9.66. The maximum atomic E-state index is 2.46. The first kappa shape index (κ1) is 18.7. The van der Waals surface area contributed by atoms with Crippen LogP contribution in [-0.4, -0.2) is 4.57 Å². The molecule has 0 saturated carbocycles. The average Bonchev–Trinajstić information content (AvgIpc) is 3.18. The van der Waals surface area contributed by atoms with Crippen LogP contribution in [0.25, 0.3) is 16.8 Å². The Morgan fingerprint density at radius 2 is 1.52 bits per heavy atom. The van der Waals surface area contributed by atoms with Gasteiger partial charge in [-0.25, -0.2) is 4.57 Å². The third kappa shape index (κ3) is 2.10. The van der Waals surface area contributed by atoms with Crippen molar-refractivity contribution in [1.82, 2.24) is 4.57 Å². The molecule has 1 aromatic heterocycles. The number of hydrogen-bond donors (Lipinski definition) is 0. The Morgan fingerprint density at radius 3 is 2.24 bits per heavy atom. The zero-order chi connectivity index (χ0) is 20.9. The second-order valence-electron chi connectivity index (χ2n) is 10.8. The van der Waals surface area contributed by atoms with E-state index in [0.717, 1.165) is 0 Å². The molecule has 1 heterocycles. The number of nitrogens with zero attached hydrogens (tertiary/aromatic N) is 2. The van der Waals surface area contributed by atoms with E-state index in [1.54, 1.807) is 0 Å². The van der Waals surface area contributed by atoms with Crippen LogP contribution in [0.15, 0.2) is 48.8 Å². The van der Waals surface area contributed by atoms with Crippen LogP contribution >= 0.6 is 0 Å². The average molecular weight is 386 g/mol. The quantitative estimate of drug-likeness (QED) is 0.452. The fourth-order valence-electron chi connectivity index (χ4n) is 5.94. The third-order valence-electron chi connectivity index (χ3n) is 8.69. The van der Waals surface area contributed by atoms with Gasteiger partial charge in [0.25, 0.3) is 0 Å². The van der Waals surface area contributed by atoms with E-state index in [2.05, 4.69) is 113 Å². The van der Waals surface area contributed by atoms with Gasteiger partial charge in [-0.3, -0.25) is 0 Å². The zero-order valence-corrected chi connectivity index (χ0v) is 19.1. The Bertz CT molecular complexity index is 1160. The molecule has 0 amide bonds. The second-order valence-corrected chi connectivity index (χ2v) is 10.8. The van der Waals surface area contributed by atoms with Gasteiger partial charge >= 0.3 is 0 Å². The molecule has 0 radical (unpaired) electrons. The van der Waals surface area contributed by atoms with Crippen molar-refractivity contribution in [2.75, 3.05) is 0 Å². The summed E-state index contributed by atoms with van der Waals surface area (Å²) in [5, 5.41) is 0. The van der Waals surface area contributed by atoms with E-state index in [0.29, 0.717) is 5.92 Å². The van der Waals surface area contributed by atoms with Crippen LogP contribution in [0.1, 0.15) is 76.9 Å². The fourth-order valence-corrected chi connectivity index (χ4v) is 5.94. The molecule has 2 aliphatic carbocycles. The van der Waals surface area contributed by atoms with Crippen LogP contribution in [0.5, 0.6) is 0 Å². The number of aryl methyl sites for hydroxylation is 1. The molecular formula is C27H33N2+. The summed E-state index contributed by atoms with van der Waals surface area (Å²) in [4.78, 5) is 0. The van der Waals surface area contributed by atoms with Crippen molar-refractivity contribution < 1.29 is 4.57 Å². The molecule has 0 spiro atoms. The first-order valence-corrected chi connectivity index (χ1v) is 10.9. The van der Waals surface area contributed by atoms with Crippen molar-refractivity contribution in [3.8, 4) is 16.8 Å². The lowest BCUT2D eigenvalue weighted by Gasteiger charge is -2.37. The fraction of sp³-hybridized carbons (Fsp3) is 0.444. The van der Waals surface area contributed by atoms with Crippen LogP contribution in [0.2, 0.25) is 0 Å². The summed E-state index contributed by atoms with van der Waals surface area (Å²) in [6.45, 7) is 16.8. The Morgan fingerprint density at radius 1 is 0.862 bits per heavy atom. The molecule has 0 bridgehead atoms. The van der Waals surface area contributed by atoms with Crippen molar-refractivity contribution in [3.63, 3.8) is 0 Å². The molecule has 0 saturated heterocycles. The van der Waals surface area contributed by atoms with Crippen LogP contribution in [0, 0.1) is 5.41 Å². The highest BCUT2D eigenvalue weighted by Gasteiger charge is 2.57. The number of imidazole rings is 1. The maximum Gasteiger partial charge on any atom is 0.249 e. The summed E-state index contributed by atoms with van der Waals surface area (Å²) in [7, 11) is 2.20. The summed E-state index contributed by atoms with van der Waals surface area (Å²) in [5.74, 6) is 0.522. The molecule has 2 heteroatoms. The molecule has 2 aromatic carbocycles. The van der Waals surface area contributed by atoms with E-state index in [4.69, 9.17) is 0 Å². The number of hydrogen-bond acceptors (Lipinski definition) is 0. The molecular weight excluding hydrogens is 352 g/mol. The van der Waals surface area contributed by atoms with Crippen molar-refractivity contribution in [1.29, 1.82) is 0 Å². The van der Waals surface area contributed by atoms with Gasteiger partial charge in [-0.15, -0.1) is 0 Å². The SMILES string of the molecule is CC1c2c(n(-c3ccc4c(c3)C(C)(C)c3ccccc3-4)c[n+]2C)C(C)(C)C1(C)C. The second kappa shape index (κ2) is 5.41. The van der Waals surface area contributed by atoms with Crippen molar-refractivity contribution >= 4 is 0 Å². The summed E-state index contributed by atoms with van der Waals surface area (Å²) in [6.07, 6.45) is 2.29. The first-order chi connectivity index (χ1) is 13.5. The lowest BCUT2D eigenvalue weighted by Crippen LogP contribution is -2.38. The van der Waals surface area contributed by atoms with E-state index in [-0.39, 0.29) is 16.2 Å². The van der Waals surface area contributed by atoms with Gasteiger partial charge in [-0.1, -0.05) is 72.7 Å². The third-order valence-corrected chi connectivity index (χ3v) is 8.69. The van der Waals surface area contributed by atoms with E-state index >= 15 is 0 Å². The summed E-state index contributed by atoms with van der Waals surface area (Å²) < 4.78 is 4.81. The van der Waals surface area contributed by atoms with Gasteiger partial charge in [-0.2, -0.15) is 4.57 Å². The topological polar surface area (TPSA) is 8.81 Å². The predicted molar refractivity (Wildman–Crippen MR) is 120 cm³/mol. The van der Waals surface area contributed by atoms with Gasteiger partial charge in [0.05, 0.1) is 7.05 Å². The van der Waals surface area contributed by atoms with Gasteiger partial charge in [0, 0.05) is 16.7 Å². The number of rotatable bonds is 1. The molecule has 5 rings (SSSR count). The molecule has 0 aliphatic heterocycles. The van der Waals surface area contributed by atoms with Gasteiger partial charge in [-0.05, 0) is 45.9 Å². The minimum Gasteiger partial charge on any atom is -0.236 e. The lowest BCUT2D eigenvalue weighted by molar-refractivity contribution is -0.679. The van der Waals surface area contributed by atoms with Gasteiger partial charge < -0.3 is 0 Å². The maximum absolute atomic E-state index is 2.46. The Hall–Kier alpha value is -2.35. The Kier molecular flexibility index (Phi) is 3.48. The van der Waals surface area contributed by atoms with E-state index < -0.39 is 0 Å². The molecule has 1 unspecified atom stereocenters. The minimum atomic E-state index is 0.0303. The van der Waals surface area contributed by atoms with Gasteiger partial charge in [0.2, 0.25) is 6.33 Å². The molecule has 29 heavy (non-hydrogen) atoms. The summed E-state index contributed by atoms with van der Waals surface area (Å²) in [5.41, 5.74) is 10.2. The smallest absolute Gasteiger partial charge is 0.236 e. The number of aromatic nitrogens is 2. The van der Waals surface area contributed by atoms with Crippen LogP contribution < -0.4 is 4.57 Å². The van der Waals surface area contributed by atoms with E-state index in [9.17, 15) is 0 Å². The normalized spacial score (nSPS) is 22.3. The minimum absolute atomic E-state index is 0.0303. The largest absolute Gasteiger partial charge is 0.249 e. The van der Waals surface area contributed by atoms with E-state index in [1.807, 2.05) is 0 Å². The molecule has 150 valence electrons. The molecule has 1 atom stereocenters. The van der Waals surface area contributed by atoms with Gasteiger partial charge in [0.1, 0.15) is 11.4 Å². The van der Waals surface area contributed by atoms with E-state index in [1.165, 1.54) is 39.3 Å².